The Morgan fingerprint density at radius 1 is 1.04 bits per heavy atom. The maximum absolute atomic E-state index is 12.7. The van der Waals surface area contributed by atoms with Crippen LogP contribution in [0.1, 0.15) is 32.6 Å². The molecule has 0 unspecified atom stereocenters. The number of rotatable bonds is 3. The largest absolute Gasteiger partial charge is 0.408 e. The molecule has 0 atom stereocenters. The number of aromatic nitrogens is 2. The van der Waals surface area contributed by atoms with E-state index in [-0.39, 0.29) is 17.7 Å². The summed E-state index contributed by atoms with van der Waals surface area (Å²) in [6.07, 6.45) is 2.26. The highest BCUT2D eigenvalue weighted by molar-refractivity contribution is 5.80. The maximum Gasteiger partial charge on any atom is 0.318 e. The molecule has 1 aromatic heterocycles. The number of hydrogen-bond donors (Lipinski definition) is 0. The molecule has 1 aromatic rings. The van der Waals surface area contributed by atoms with Crippen LogP contribution in [0.25, 0.3) is 0 Å². The van der Waals surface area contributed by atoms with E-state index >= 15 is 0 Å². The van der Waals surface area contributed by atoms with Gasteiger partial charge in [0.15, 0.2) is 0 Å². The van der Waals surface area contributed by atoms with Gasteiger partial charge < -0.3 is 19.1 Å². The molecule has 3 rings (SSSR count). The highest BCUT2D eigenvalue weighted by Crippen LogP contribution is 2.22. The molecular weight excluding hydrogens is 310 g/mol. The first kappa shape index (κ1) is 16.7. The normalized spacial score (nSPS) is 19.7. The molecule has 0 bridgehead atoms. The zero-order valence-electron chi connectivity index (χ0n) is 14.4. The van der Waals surface area contributed by atoms with E-state index in [9.17, 15) is 9.59 Å². The van der Waals surface area contributed by atoms with E-state index in [0.717, 1.165) is 19.3 Å². The number of likely N-dealkylation sites (tertiary alicyclic amines) is 1. The Labute approximate surface area is 141 Å². The SMILES string of the molecule is CCc1nnc(N2CCN(C(=O)C3CCN(C(C)=O)CC3)CC2)o1. The van der Waals surface area contributed by atoms with Gasteiger partial charge in [0, 0.05) is 58.5 Å². The molecular formula is C16H25N5O3. The van der Waals surface area contributed by atoms with Crippen molar-refractivity contribution in [2.75, 3.05) is 44.2 Å². The van der Waals surface area contributed by atoms with Crippen LogP contribution in [-0.4, -0.2) is 71.1 Å². The number of amides is 2. The summed E-state index contributed by atoms with van der Waals surface area (Å²) in [6, 6.07) is 0.550. The number of carbonyl (C=O) groups excluding carboxylic acids is 2. The van der Waals surface area contributed by atoms with Gasteiger partial charge in [0.1, 0.15) is 0 Å². The summed E-state index contributed by atoms with van der Waals surface area (Å²) in [5, 5.41) is 8.05. The second-order valence-corrected chi connectivity index (χ2v) is 6.42. The lowest BCUT2D eigenvalue weighted by atomic mass is 9.95. The van der Waals surface area contributed by atoms with Crippen LogP contribution < -0.4 is 4.90 Å². The van der Waals surface area contributed by atoms with E-state index in [0.29, 0.717) is 51.2 Å². The monoisotopic (exact) mass is 335 g/mol. The first-order valence-electron chi connectivity index (χ1n) is 8.70. The Kier molecular flexibility index (Phi) is 5.01. The topological polar surface area (TPSA) is 82.8 Å². The molecule has 24 heavy (non-hydrogen) atoms. The molecule has 0 radical (unpaired) electrons. The van der Waals surface area contributed by atoms with E-state index in [1.165, 1.54) is 0 Å². The van der Waals surface area contributed by atoms with Gasteiger partial charge >= 0.3 is 6.01 Å². The van der Waals surface area contributed by atoms with Gasteiger partial charge in [-0.3, -0.25) is 9.59 Å². The third-order valence-electron chi connectivity index (χ3n) is 4.91. The van der Waals surface area contributed by atoms with Gasteiger partial charge in [-0.2, -0.15) is 0 Å². The minimum absolute atomic E-state index is 0.0437. The average molecular weight is 335 g/mol. The highest BCUT2D eigenvalue weighted by atomic mass is 16.4. The molecule has 2 saturated heterocycles. The summed E-state index contributed by atoms with van der Waals surface area (Å²) in [6.45, 7) is 7.72. The van der Waals surface area contributed by atoms with Crippen LogP contribution in [0.2, 0.25) is 0 Å². The lowest BCUT2D eigenvalue weighted by Gasteiger charge is -2.37. The molecule has 2 aliphatic heterocycles. The van der Waals surface area contributed by atoms with Crippen LogP contribution in [-0.2, 0) is 16.0 Å². The molecule has 2 amide bonds. The van der Waals surface area contributed by atoms with Gasteiger partial charge in [0.2, 0.25) is 17.7 Å². The van der Waals surface area contributed by atoms with Crippen molar-refractivity contribution in [3.63, 3.8) is 0 Å². The van der Waals surface area contributed by atoms with Crippen molar-refractivity contribution >= 4 is 17.8 Å². The molecule has 8 heteroatoms. The summed E-state index contributed by atoms with van der Waals surface area (Å²) in [5.41, 5.74) is 0. The van der Waals surface area contributed by atoms with Crippen LogP contribution in [0, 0.1) is 5.92 Å². The van der Waals surface area contributed by atoms with Crippen molar-refractivity contribution in [2.45, 2.75) is 33.1 Å². The third kappa shape index (κ3) is 3.52. The maximum atomic E-state index is 12.7. The first-order valence-corrected chi connectivity index (χ1v) is 8.70. The van der Waals surface area contributed by atoms with Gasteiger partial charge in [-0.1, -0.05) is 12.0 Å². The summed E-state index contributed by atoms with van der Waals surface area (Å²) < 4.78 is 5.58. The van der Waals surface area contributed by atoms with Crippen LogP contribution >= 0.6 is 0 Å². The van der Waals surface area contributed by atoms with E-state index in [2.05, 4.69) is 10.2 Å². The van der Waals surface area contributed by atoms with Crippen molar-refractivity contribution in [1.29, 1.82) is 0 Å². The van der Waals surface area contributed by atoms with Crippen molar-refractivity contribution in [1.82, 2.24) is 20.0 Å². The molecule has 0 aromatic carbocycles. The van der Waals surface area contributed by atoms with E-state index in [4.69, 9.17) is 4.42 Å². The zero-order valence-corrected chi connectivity index (χ0v) is 14.4. The lowest BCUT2D eigenvalue weighted by Crippen LogP contribution is -2.52. The Morgan fingerprint density at radius 3 is 2.25 bits per heavy atom. The smallest absolute Gasteiger partial charge is 0.318 e. The van der Waals surface area contributed by atoms with Gasteiger partial charge in [0.25, 0.3) is 0 Å². The Balaban J connectivity index is 1.49. The first-order chi connectivity index (χ1) is 11.6. The molecule has 0 aliphatic carbocycles. The summed E-state index contributed by atoms with van der Waals surface area (Å²) in [7, 11) is 0. The molecule has 0 spiro atoms. The van der Waals surface area contributed by atoms with Crippen LogP contribution in [0.15, 0.2) is 4.42 Å². The number of hydrogen-bond acceptors (Lipinski definition) is 6. The molecule has 2 fully saturated rings. The van der Waals surface area contributed by atoms with Crippen LogP contribution in [0.3, 0.4) is 0 Å². The zero-order chi connectivity index (χ0) is 17.1. The molecule has 0 N–H and O–H groups in total. The second kappa shape index (κ2) is 7.19. The van der Waals surface area contributed by atoms with Crippen molar-refractivity contribution in [3.8, 4) is 0 Å². The number of anilines is 1. The molecule has 3 heterocycles. The van der Waals surface area contributed by atoms with Gasteiger partial charge in [-0.05, 0) is 12.8 Å². The number of piperazine rings is 1. The van der Waals surface area contributed by atoms with E-state index in [1.54, 1.807) is 6.92 Å². The Bertz CT molecular complexity index is 586. The number of carbonyl (C=O) groups is 2. The predicted octanol–water partition coefficient (Wildman–Crippen LogP) is 0.539. The predicted molar refractivity (Wildman–Crippen MR) is 87.4 cm³/mol. The number of nitrogens with zero attached hydrogens (tertiary/aromatic N) is 5. The van der Waals surface area contributed by atoms with Crippen LogP contribution in [0.4, 0.5) is 6.01 Å². The van der Waals surface area contributed by atoms with E-state index in [1.807, 2.05) is 21.6 Å². The number of piperidine rings is 1. The quantitative estimate of drug-likeness (QED) is 0.802. The molecule has 0 saturated carbocycles. The minimum atomic E-state index is 0.0437. The Hall–Kier alpha value is -2.12. The summed E-state index contributed by atoms with van der Waals surface area (Å²) >= 11 is 0. The highest BCUT2D eigenvalue weighted by Gasteiger charge is 2.31. The fourth-order valence-electron chi connectivity index (χ4n) is 3.33. The van der Waals surface area contributed by atoms with Crippen molar-refractivity contribution in [3.05, 3.63) is 5.89 Å². The van der Waals surface area contributed by atoms with Gasteiger partial charge in [-0.15, -0.1) is 5.10 Å². The fourth-order valence-corrected chi connectivity index (χ4v) is 3.33. The lowest BCUT2D eigenvalue weighted by molar-refractivity contribution is -0.140. The summed E-state index contributed by atoms with van der Waals surface area (Å²) in [5.74, 6) is 1.00. The van der Waals surface area contributed by atoms with Gasteiger partial charge in [0.05, 0.1) is 0 Å². The van der Waals surface area contributed by atoms with Crippen molar-refractivity contribution in [2.24, 2.45) is 5.92 Å². The second-order valence-electron chi connectivity index (χ2n) is 6.42. The molecule has 132 valence electrons. The van der Waals surface area contributed by atoms with E-state index < -0.39 is 0 Å². The number of aryl methyl sites for hydroxylation is 1. The molecule has 2 aliphatic rings. The third-order valence-corrected chi connectivity index (χ3v) is 4.91. The molecule has 8 nitrogen and oxygen atoms in total. The van der Waals surface area contributed by atoms with Gasteiger partial charge in [-0.25, -0.2) is 0 Å². The standard InChI is InChI=1S/C16H25N5O3/c1-3-14-17-18-16(24-14)21-10-8-20(9-11-21)15(23)13-4-6-19(7-5-13)12(2)22/h13H,3-11H2,1-2H3. The average Bonchev–Trinajstić information content (AvgIpc) is 3.10. The van der Waals surface area contributed by atoms with Crippen LogP contribution in [0.5, 0.6) is 0 Å². The van der Waals surface area contributed by atoms with Crippen molar-refractivity contribution < 1.29 is 14.0 Å². The minimum Gasteiger partial charge on any atom is -0.408 e. The summed E-state index contributed by atoms with van der Waals surface area (Å²) in [4.78, 5) is 29.8. The Morgan fingerprint density at radius 2 is 1.71 bits per heavy atom. The fraction of sp³-hybridized carbons (Fsp3) is 0.750.